The summed E-state index contributed by atoms with van der Waals surface area (Å²) in [7, 11) is 0. The number of benzene rings is 3. The summed E-state index contributed by atoms with van der Waals surface area (Å²) in [5.74, 6) is -0.228. The smallest absolute Gasteiger partial charge is 0.124 e. The van der Waals surface area contributed by atoms with Crippen molar-refractivity contribution in [2.75, 3.05) is 5.32 Å². The highest BCUT2D eigenvalue weighted by Crippen LogP contribution is 2.24. The van der Waals surface area contributed by atoms with E-state index in [0.717, 1.165) is 15.7 Å². The first-order valence-corrected chi connectivity index (χ1v) is 7.18. The molecule has 0 aliphatic rings. The Bertz CT molecular complexity index is 729. The lowest BCUT2D eigenvalue weighted by Gasteiger charge is -2.10. The summed E-state index contributed by atoms with van der Waals surface area (Å²) in [5, 5.41) is 5.74. The van der Waals surface area contributed by atoms with Crippen LogP contribution in [0, 0.1) is 5.82 Å². The van der Waals surface area contributed by atoms with Crippen molar-refractivity contribution in [2.45, 2.75) is 6.54 Å². The first-order chi connectivity index (χ1) is 9.72. The molecular weight excluding hydrogens is 317 g/mol. The van der Waals surface area contributed by atoms with Crippen LogP contribution < -0.4 is 5.32 Å². The van der Waals surface area contributed by atoms with E-state index in [1.54, 1.807) is 6.07 Å². The van der Waals surface area contributed by atoms with Crippen LogP contribution in [0.1, 0.15) is 5.56 Å². The third-order valence-corrected chi connectivity index (χ3v) is 3.65. The van der Waals surface area contributed by atoms with Gasteiger partial charge in [-0.25, -0.2) is 4.39 Å². The number of anilines is 1. The van der Waals surface area contributed by atoms with E-state index >= 15 is 0 Å². The standard InChI is InChI=1S/C17H13BrFN/c18-14-8-12(9-15(19)10-14)11-20-17-7-3-5-13-4-1-2-6-16(13)17/h1-10,20H,11H2. The van der Waals surface area contributed by atoms with Crippen molar-refractivity contribution in [1.82, 2.24) is 0 Å². The van der Waals surface area contributed by atoms with E-state index in [0.29, 0.717) is 6.54 Å². The van der Waals surface area contributed by atoms with Crippen molar-refractivity contribution >= 4 is 32.4 Å². The van der Waals surface area contributed by atoms with Gasteiger partial charge < -0.3 is 5.32 Å². The first kappa shape index (κ1) is 13.1. The van der Waals surface area contributed by atoms with Crippen LogP contribution in [-0.4, -0.2) is 0 Å². The molecule has 20 heavy (non-hydrogen) atoms. The Morgan fingerprint density at radius 2 is 1.75 bits per heavy atom. The number of fused-ring (bicyclic) bond motifs is 1. The van der Waals surface area contributed by atoms with Gasteiger partial charge in [0.1, 0.15) is 5.82 Å². The van der Waals surface area contributed by atoms with E-state index in [-0.39, 0.29) is 5.82 Å². The molecule has 0 aliphatic heterocycles. The molecule has 100 valence electrons. The molecule has 0 heterocycles. The van der Waals surface area contributed by atoms with Gasteiger partial charge >= 0.3 is 0 Å². The number of halogens is 2. The van der Waals surface area contributed by atoms with Crippen molar-refractivity contribution < 1.29 is 4.39 Å². The SMILES string of the molecule is Fc1cc(Br)cc(CNc2cccc3ccccc23)c1. The summed E-state index contributed by atoms with van der Waals surface area (Å²) in [6.45, 7) is 0.588. The maximum absolute atomic E-state index is 13.3. The lowest BCUT2D eigenvalue weighted by atomic mass is 10.1. The highest BCUT2D eigenvalue weighted by Gasteiger charge is 2.02. The molecule has 0 bridgehead atoms. The molecule has 0 atom stereocenters. The Hall–Kier alpha value is -1.87. The fourth-order valence-electron chi connectivity index (χ4n) is 2.29. The van der Waals surface area contributed by atoms with Crippen LogP contribution in [0.4, 0.5) is 10.1 Å². The summed E-state index contributed by atoms with van der Waals surface area (Å²) in [6.07, 6.45) is 0. The van der Waals surface area contributed by atoms with Gasteiger partial charge in [-0.2, -0.15) is 0 Å². The zero-order valence-electron chi connectivity index (χ0n) is 10.7. The van der Waals surface area contributed by atoms with Crippen molar-refractivity contribution in [3.05, 3.63) is 76.5 Å². The van der Waals surface area contributed by atoms with Crippen LogP contribution in [0.5, 0.6) is 0 Å². The maximum Gasteiger partial charge on any atom is 0.124 e. The fourth-order valence-corrected chi connectivity index (χ4v) is 2.80. The van der Waals surface area contributed by atoms with E-state index in [1.807, 2.05) is 30.3 Å². The number of hydrogen-bond acceptors (Lipinski definition) is 1. The summed E-state index contributed by atoms with van der Waals surface area (Å²) in [4.78, 5) is 0. The second-order valence-electron chi connectivity index (χ2n) is 4.66. The van der Waals surface area contributed by atoms with Crippen LogP contribution in [-0.2, 0) is 6.54 Å². The summed E-state index contributed by atoms with van der Waals surface area (Å²) in [5.41, 5.74) is 1.97. The predicted molar refractivity (Wildman–Crippen MR) is 85.4 cm³/mol. The van der Waals surface area contributed by atoms with Crippen LogP contribution in [0.15, 0.2) is 65.1 Å². The van der Waals surface area contributed by atoms with Crippen LogP contribution in [0.25, 0.3) is 10.8 Å². The van der Waals surface area contributed by atoms with Gasteiger partial charge in [-0.15, -0.1) is 0 Å². The predicted octanol–water partition coefficient (Wildman–Crippen LogP) is 5.35. The quantitative estimate of drug-likeness (QED) is 0.682. The Kier molecular flexibility index (Phi) is 3.70. The molecule has 0 fully saturated rings. The number of hydrogen-bond donors (Lipinski definition) is 1. The van der Waals surface area contributed by atoms with Crippen LogP contribution in [0.3, 0.4) is 0 Å². The topological polar surface area (TPSA) is 12.0 Å². The van der Waals surface area contributed by atoms with Gasteiger partial charge in [0.25, 0.3) is 0 Å². The molecule has 3 aromatic rings. The van der Waals surface area contributed by atoms with E-state index in [9.17, 15) is 4.39 Å². The average Bonchev–Trinajstić information content (AvgIpc) is 2.44. The normalized spacial score (nSPS) is 10.7. The third kappa shape index (κ3) is 2.83. The molecule has 3 heteroatoms. The Balaban J connectivity index is 1.87. The van der Waals surface area contributed by atoms with Crippen LogP contribution in [0.2, 0.25) is 0 Å². The first-order valence-electron chi connectivity index (χ1n) is 6.39. The molecule has 0 amide bonds. The highest BCUT2D eigenvalue weighted by molar-refractivity contribution is 9.10. The minimum absolute atomic E-state index is 0.228. The molecule has 0 unspecified atom stereocenters. The van der Waals surface area contributed by atoms with Crippen molar-refractivity contribution in [3.63, 3.8) is 0 Å². The summed E-state index contributed by atoms with van der Waals surface area (Å²) in [6, 6.07) is 19.3. The van der Waals surface area contributed by atoms with Crippen molar-refractivity contribution in [1.29, 1.82) is 0 Å². The molecule has 0 saturated carbocycles. The van der Waals surface area contributed by atoms with Crippen LogP contribution >= 0.6 is 15.9 Å². The van der Waals surface area contributed by atoms with E-state index in [1.165, 1.54) is 16.8 Å². The minimum Gasteiger partial charge on any atom is -0.380 e. The third-order valence-electron chi connectivity index (χ3n) is 3.19. The van der Waals surface area contributed by atoms with Gasteiger partial charge in [-0.3, -0.25) is 0 Å². The van der Waals surface area contributed by atoms with E-state index in [4.69, 9.17) is 0 Å². The molecule has 0 saturated heterocycles. The molecule has 0 aromatic heterocycles. The van der Waals surface area contributed by atoms with E-state index in [2.05, 4.69) is 39.4 Å². The molecule has 1 nitrogen and oxygen atoms in total. The summed E-state index contributed by atoms with van der Waals surface area (Å²) < 4.78 is 14.1. The molecule has 0 spiro atoms. The second kappa shape index (κ2) is 5.63. The fraction of sp³-hybridized carbons (Fsp3) is 0.0588. The van der Waals surface area contributed by atoms with Gasteiger partial charge in [0.05, 0.1) is 0 Å². The maximum atomic E-state index is 13.3. The molecule has 1 N–H and O–H groups in total. The summed E-state index contributed by atoms with van der Waals surface area (Å²) >= 11 is 3.31. The van der Waals surface area contributed by atoms with Gasteiger partial charge in [0.2, 0.25) is 0 Å². The largest absolute Gasteiger partial charge is 0.380 e. The highest BCUT2D eigenvalue weighted by atomic mass is 79.9. The van der Waals surface area contributed by atoms with Gasteiger partial charge in [-0.1, -0.05) is 52.3 Å². The monoisotopic (exact) mass is 329 g/mol. The van der Waals surface area contributed by atoms with Gasteiger partial charge in [-0.05, 0) is 35.2 Å². The zero-order valence-corrected chi connectivity index (χ0v) is 12.3. The number of nitrogens with one attached hydrogen (secondary N) is 1. The molecule has 3 aromatic carbocycles. The minimum atomic E-state index is -0.228. The van der Waals surface area contributed by atoms with Gasteiger partial charge in [0.15, 0.2) is 0 Å². The molecular formula is C17H13BrFN. The van der Waals surface area contributed by atoms with Crippen molar-refractivity contribution in [3.8, 4) is 0 Å². The number of rotatable bonds is 3. The second-order valence-corrected chi connectivity index (χ2v) is 5.57. The average molecular weight is 330 g/mol. The van der Waals surface area contributed by atoms with Gasteiger partial charge in [0, 0.05) is 22.1 Å². The lowest BCUT2D eigenvalue weighted by Crippen LogP contribution is -2.00. The molecule has 0 radical (unpaired) electrons. The Morgan fingerprint density at radius 3 is 2.60 bits per heavy atom. The Labute approximate surface area is 125 Å². The molecule has 3 rings (SSSR count). The lowest BCUT2D eigenvalue weighted by molar-refractivity contribution is 0.625. The zero-order chi connectivity index (χ0) is 13.9. The van der Waals surface area contributed by atoms with E-state index < -0.39 is 0 Å². The van der Waals surface area contributed by atoms with Crippen molar-refractivity contribution in [2.24, 2.45) is 0 Å². The Morgan fingerprint density at radius 1 is 0.950 bits per heavy atom. The molecule has 0 aliphatic carbocycles.